The fourth-order valence-corrected chi connectivity index (χ4v) is 3.00. The maximum absolute atomic E-state index is 12.2. The van der Waals surface area contributed by atoms with Crippen molar-refractivity contribution in [2.24, 2.45) is 0 Å². The van der Waals surface area contributed by atoms with Crippen LogP contribution in [0.15, 0.2) is 42.5 Å². The number of ether oxygens (including phenoxy) is 1. The van der Waals surface area contributed by atoms with Crippen molar-refractivity contribution in [1.29, 1.82) is 0 Å². The molecule has 2 rings (SSSR count). The lowest BCUT2D eigenvalue weighted by atomic mass is 10.1. The number of para-hydroxylation sites is 1. The van der Waals surface area contributed by atoms with E-state index in [0.29, 0.717) is 0 Å². The average molecular weight is 369 g/mol. The van der Waals surface area contributed by atoms with Crippen molar-refractivity contribution in [3.8, 4) is 5.75 Å². The number of carbonyl (C=O) groups is 1. The van der Waals surface area contributed by atoms with Gasteiger partial charge < -0.3 is 15.4 Å². The minimum absolute atomic E-state index is 0.0674. The molecule has 2 N–H and O–H groups in total. The lowest BCUT2D eigenvalue weighted by Gasteiger charge is -2.13. The summed E-state index contributed by atoms with van der Waals surface area (Å²) in [5.41, 5.74) is 4.08. The van der Waals surface area contributed by atoms with Crippen LogP contribution in [-0.2, 0) is 4.79 Å². The molecule has 146 valence electrons. The zero-order valence-electron chi connectivity index (χ0n) is 16.8. The number of nitrogens with one attached hydrogen (secondary N) is 2. The highest BCUT2D eigenvalue weighted by Gasteiger charge is 2.06. The smallest absolute Gasteiger partial charge is 0.243 e. The largest absolute Gasteiger partial charge is 0.494 e. The second-order valence-electron chi connectivity index (χ2n) is 6.96. The summed E-state index contributed by atoms with van der Waals surface area (Å²) in [4.78, 5) is 12.2. The highest BCUT2D eigenvalue weighted by atomic mass is 16.5. The number of aryl methyl sites for hydroxylation is 2. The quantitative estimate of drug-likeness (QED) is 0.500. The molecule has 2 aromatic rings. The monoisotopic (exact) mass is 368 g/mol. The zero-order valence-corrected chi connectivity index (χ0v) is 16.8. The summed E-state index contributed by atoms with van der Waals surface area (Å²) in [6, 6.07) is 13.7. The van der Waals surface area contributed by atoms with Crippen LogP contribution in [0.5, 0.6) is 5.75 Å². The van der Waals surface area contributed by atoms with E-state index in [1.165, 1.54) is 25.7 Å². The number of anilines is 2. The van der Waals surface area contributed by atoms with Crippen LogP contribution in [0.2, 0.25) is 0 Å². The SMILES string of the molecule is CCCCCCCOc1ccc(NC(=O)CNc2c(C)cccc2C)cc1. The molecule has 0 fully saturated rings. The third kappa shape index (κ3) is 7.33. The molecular weight excluding hydrogens is 336 g/mol. The molecule has 27 heavy (non-hydrogen) atoms. The predicted molar refractivity (Wildman–Crippen MR) is 114 cm³/mol. The summed E-state index contributed by atoms with van der Waals surface area (Å²) in [6.07, 6.45) is 6.14. The van der Waals surface area contributed by atoms with Gasteiger partial charge in [-0.2, -0.15) is 0 Å². The molecule has 0 spiro atoms. The number of hydrogen-bond donors (Lipinski definition) is 2. The summed E-state index contributed by atoms with van der Waals surface area (Å²) < 4.78 is 5.75. The maximum atomic E-state index is 12.2. The molecule has 0 aliphatic rings. The number of hydrogen-bond acceptors (Lipinski definition) is 3. The third-order valence-electron chi connectivity index (χ3n) is 4.56. The van der Waals surface area contributed by atoms with E-state index < -0.39 is 0 Å². The molecule has 2 aromatic carbocycles. The molecule has 0 radical (unpaired) electrons. The van der Waals surface area contributed by atoms with Crippen molar-refractivity contribution in [1.82, 2.24) is 0 Å². The lowest BCUT2D eigenvalue weighted by molar-refractivity contribution is -0.114. The van der Waals surface area contributed by atoms with E-state index in [1.807, 2.05) is 56.3 Å². The molecule has 0 atom stereocenters. The second-order valence-corrected chi connectivity index (χ2v) is 6.96. The second kappa shape index (κ2) is 11.3. The topological polar surface area (TPSA) is 50.4 Å². The number of benzene rings is 2. The minimum Gasteiger partial charge on any atom is -0.494 e. The van der Waals surface area contributed by atoms with E-state index in [-0.39, 0.29) is 12.5 Å². The van der Waals surface area contributed by atoms with Gasteiger partial charge in [0.15, 0.2) is 0 Å². The van der Waals surface area contributed by atoms with Crippen LogP contribution >= 0.6 is 0 Å². The van der Waals surface area contributed by atoms with Gasteiger partial charge in [0.1, 0.15) is 5.75 Å². The molecule has 1 amide bonds. The zero-order chi connectivity index (χ0) is 19.5. The standard InChI is InChI=1S/C23H32N2O2/c1-4-5-6-7-8-16-27-21-14-12-20(13-15-21)25-22(26)17-24-23-18(2)10-9-11-19(23)3/h9-15,24H,4-8,16-17H2,1-3H3,(H,25,26). The Morgan fingerprint density at radius 2 is 1.59 bits per heavy atom. The van der Waals surface area contributed by atoms with Crippen LogP contribution in [-0.4, -0.2) is 19.1 Å². The summed E-state index contributed by atoms with van der Waals surface area (Å²) in [7, 11) is 0. The first-order valence-corrected chi connectivity index (χ1v) is 9.93. The fourth-order valence-electron chi connectivity index (χ4n) is 3.00. The molecule has 0 saturated heterocycles. The molecule has 0 aliphatic carbocycles. The van der Waals surface area contributed by atoms with Gasteiger partial charge in [-0.25, -0.2) is 0 Å². The first-order valence-electron chi connectivity index (χ1n) is 9.93. The molecule has 4 nitrogen and oxygen atoms in total. The summed E-state index contributed by atoms with van der Waals surface area (Å²) in [5.74, 6) is 0.777. The summed E-state index contributed by atoms with van der Waals surface area (Å²) in [6.45, 7) is 7.28. The highest BCUT2D eigenvalue weighted by molar-refractivity contribution is 5.94. The van der Waals surface area contributed by atoms with E-state index in [9.17, 15) is 4.79 Å². The van der Waals surface area contributed by atoms with Gasteiger partial charge in [0.2, 0.25) is 5.91 Å². The summed E-state index contributed by atoms with van der Waals surface area (Å²) in [5, 5.41) is 6.14. The van der Waals surface area contributed by atoms with Gasteiger partial charge in [0.05, 0.1) is 13.2 Å². The first-order chi connectivity index (χ1) is 13.1. The van der Waals surface area contributed by atoms with Crippen LogP contribution in [0.1, 0.15) is 50.2 Å². The van der Waals surface area contributed by atoms with Crippen molar-refractivity contribution in [2.75, 3.05) is 23.8 Å². The minimum atomic E-state index is -0.0674. The Kier molecular flexibility index (Phi) is 8.69. The van der Waals surface area contributed by atoms with E-state index in [4.69, 9.17) is 4.74 Å². The maximum Gasteiger partial charge on any atom is 0.243 e. The van der Waals surface area contributed by atoms with Gasteiger partial charge in [-0.05, 0) is 55.7 Å². The molecule has 0 aliphatic heterocycles. The van der Waals surface area contributed by atoms with Gasteiger partial charge in [0, 0.05) is 11.4 Å². The van der Waals surface area contributed by atoms with Gasteiger partial charge >= 0.3 is 0 Å². The number of rotatable bonds is 11. The van der Waals surface area contributed by atoms with Crippen LogP contribution in [0.25, 0.3) is 0 Å². The van der Waals surface area contributed by atoms with Crippen molar-refractivity contribution in [3.63, 3.8) is 0 Å². The Balaban J connectivity index is 1.73. The molecule has 0 heterocycles. The predicted octanol–water partition coefficient (Wildman–Crippen LogP) is 5.70. The van der Waals surface area contributed by atoms with Gasteiger partial charge in [-0.15, -0.1) is 0 Å². The molecule has 4 heteroatoms. The van der Waals surface area contributed by atoms with Crippen LogP contribution < -0.4 is 15.4 Å². The highest BCUT2D eigenvalue weighted by Crippen LogP contribution is 2.19. The van der Waals surface area contributed by atoms with E-state index in [1.54, 1.807) is 0 Å². The Hall–Kier alpha value is -2.49. The van der Waals surface area contributed by atoms with Gasteiger partial charge in [0.25, 0.3) is 0 Å². The Bertz CT molecular complexity index is 691. The first kappa shape index (κ1) is 20.8. The average Bonchev–Trinajstić information content (AvgIpc) is 2.65. The number of unbranched alkanes of at least 4 members (excludes halogenated alkanes) is 4. The van der Waals surface area contributed by atoms with Crippen molar-refractivity contribution < 1.29 is 9.53 Å². The third-order valence-corrected chi connectivity index (χ3v) is 4.56. The lowest BCUT2D eigenvalue weighted by Crippen LogP contribution is -2.22. The van der Waals surface area contributed by atoms with Crippen LogP contribution in [0, 0.1) is 13.8 Å². The van der Waals surface area contributed by atoms with Gasteiger partial charge in [-0.3, -0.25) is 4.79 Å². The van der Waals surface area contributed by atoms with Crippen molar-refractivity contribution >= 4 is 17.3 Å². The van der Waals surface area contributed by atoms with Crippen LogP contribution in [0.3, 0.4) is 0 Å². The fraction of sp³-hybridized carbons (Fsp3) is 0.435. The normalized spacial score (nSPS) is 10.5. The van der Waals surface area contributed by atoms with Gasteiger partial charge in [-0.1, -0.05) is 50.8 Å². The van der Waals surface area contributed by atoms with E-state index in [0.717, 1.165) is 41.3 Å². The number of amides is 1. The van der Waals surface area contributed by atoms with E-state index in [2.05, 4.69) is 17.6 Å². The van der Waals surface area contributed by atoms with E-state index >= 15 is 0 Å². The Labute approximate surface area is 163 Å². The van der Waals surface area contributed by atoms with Crippen molar-refractivity contribution in [2.45, 2.75) is 52.9 Å². The summed E-state index contributed by atoms with van der Waals surface area (Å²) >= 11 is 0. The molecular formula is C23H32N2O2. The molecule has 0 aromatic heterocycles. The molecule has 0 unspecified atom stereocenters. The Morgan fingerprint density at radius 1 is 0.926 bits per heavy atom. The van der Waals surface area contributed by atoms with Crippen molar-refractivity contribution in [3.05, 3.63) is 53.6 Å². The molecule has 0 bridgehead atoms. The van der Waals surface area contributed by atoms with Crippen LogP contribution in [0.4, 0.5) is 11.4 Å². The Morgan fingerprint density at radius 3 is 2.26 bits per heavy atom. The number of carbonyl (C=O) groups excluding carboxylic acids is 1. The molecule has 0 saturated carbocycles.